The van der Waals surface area contributed by atoms with E-state index in [0.717, 1.165) is 22.9 Å². The second kappa shape index (κ2) is 14.1. The smallest absolute Gasteiger partial charge is 0.243 e. The number of carbonyl (C=O) groups excluding carboxylic acids is 2. The predicted molar refractivity (Wildman–Crippen MR) is 157 cm³/mol. The molecule has 0 heterocycles. The van der Waals surface area contributed by atoms with Gasteiger partial charge in [-0.15, -0.1) is 0 Å². The van der Waals surface area contributed by atoms with Gasteiger partial charge in [0.25, 0.3) is 0 Å². The van der Waals surface area contributed by atoms with Crippen LogP contribution in [0.3, 0.4) is 0 Å². The van der Waals surface area contributed by atoms with Crippen molar-refractivity contribution in [2.75, 3.05) is 23.7 Å². The van der Waals surface area contributed by atoms with Gasteiger partial charge < -0.3 is 10.2 Å². The van der Waals surface area contributed by atoms with Gasteiger partial charge in [-0.2, -0.15) is 0 Å². The number of aryl methyl sites for hydroxylation is 2. The summed E-state index contributed by atoms with van der Waals surface area (Å²) >= 11 is 0. The van der Waals surface area contributed by atoms with Crippen molar-refractivity contribution in [3.63, 3.8) is 0 Å². The number of carbonyl (C=O) groups is 2. The highest BCUT2D eigenvalue weighted by Gasteiger charge is 2.31. The molecule has 0 saturated heterocycles. The van der Waals surface area contributed by atoms with Crippen LogP contribution >= 0.6 is 0 Å². The van der Waals surface area contributed by atoms with Crippen LogP contribution < -0.4 is 9.62 Å². The Morgan fingerprint density at radius 2 is 1.62 bits per heavy atom. The van der Waals surface area contributed by atoms with E-state index < -0.39 is 21.9 Å². The van der Waals surface area contributed by atoms with E-state index in [0.29, 0.717) is 17.8 Å². The van der Waals surface area contributed by atoms with Crippen molar-refractivity contribution < 1.29 is 22.4 Å². The summed E-state index contributed by atoms with van der Waals surface area (Å²) in [7, 11) is -3.60. The van der Waals surface area contributed by atoms with Gasteiger partial charge in [-0.1, -0.05) is 54.6 Å². The molecule has 0 fully saturated rings. The first kappa shape index (κ1) is 30.8. The molecular weight excluding hydrogens is 529 g/mol. The average molecular weight is 568 g/mol. The van der Waals surface area contributed by atoms with E-state index in [1.807, 2.05) is 56.3 Å². The SMILES string of the molecule is CCNC(=O)C(Cc1ccccc1)N(Cc1ccccc1F)C(=O)CCCN(c1ccc(C)c(C)c1)S(C)(=O)=O. The van der Waals surface area contributed by atoms with Gasteiger partial charge in [0.05, 0.1) is 11.9 Å². The number of anilines is 1. The Hall–Kier alpha value is -3.72. The molecule has 40 heavy (non-hydrogen) atoms. The molecule has 0 aliphatic carbocycles. The molecule has 3 aromatic rings. The van der Waals surface area contributed by atoms with Crippen molar-refractivity contribution in [2.45, 2.75) is 52.6 Å². The molecular formula is C31H38FN3O4S. The third-order valence-corrected chi connectivity index (χ3v) is 8.05. The third-order valence-electron chi connectivity index (χ3n) is 6.85. The zero-order chi connectivity index (χ0) is 29.3. The quantitative estimate of drug-likeness (QED) is 0.323. The number of halogens is 1. The Morgan fingerprint density at radius 3 is 2.25 bits per heavy atom. The van der Waals surface area contributed by atoms with Crippen LogP contribution in [0.25, 0.3) is 0 Å². The number of likely N-dealkylation sites (N-methyl/N-ethyl adjacent to an activating group) is 1. The fraction of sp³-hybridized carbons (Fsp3) is 0.355. The molecule has 0 radical (unpaired) electrons. The minimum absolute atomic E-state index is 0.0178. The van der Waals surface area contributed by atoms with Crippen LogP contribution in [0, 0.1) is 19.7 Å². The molecule has 0 saturated carbocycles. The van der Waals surface area contributed by atoms with Gasteiger partial charge in [-0.25, -0.2) is 12.8 Å². The third kappa shape index (κ3) is 8.39. The Bertz CT molecular complexity index is 1410. The van der Waals surface area contributed by atoms with Crippen molar-refractivity contribution in [1.82, 2.24) is 10.2 Å². The lowest BCUT2D eigenvalue weighted by molar-refractivity contribution is -0.141. The van der Waals surface area contributed by atoms with Crippen molar-refractivity contribution in [2.24, 2.45) is 0 Å². The lowest BCUT2D eigenvalue weighted by Crippen LogP contribution is -2.50. The number of sulfonamides is 1. The molecule has 3 rings (SSSR count). The van der Waals surface area contributed by atoms with Crippen molar-refractivity contribution in [3.8, 4) is 0 Å². The van der Waals surface area contributed by atoms with E-state index in [1.165, 1.54) is 15.3 Å². The molecule has 2 amide bonds. The summed E-state index contributed by atoms with van der Waals surface area (Å²) in [6.45, 7) is 6.04. The number of rotatable bonds is 13. The zero-order valence-electron chi connectivity index (χ0n) is 23.6. The predicted octanol–water partition coefficient (Wildman–Crippen LogP) is 4.76. The number of hydrogen-bond donors (Lipinski definition) is 1. The summed E-state index contributed by atoms with van der Waals surface area (Å²) in [5.74, 6) is -1.15. The Morgan fingerprint density at radius 1 is 0.950 bits per heavy atom. The number of hydrogen-bond acceptors (Lipinski definition) is 4. The normalized spacial score (nSPS) is 12.0. The summed E-state index contributed by atoms with van der Waals surface area (Å²) < 4.78 is 41.2. The van der Waals surface area contributed by atoms with Gasteiger partial charge in [0, 0.05) is 38.0 Å². The summed E-state index contributed by atoms with van der Waals surface area (Å²) in [6.07, 6.45) is 1.60. The highest BCUT2D eigenvalue weighted by atomic mass is 32.2. The first-order valence-electron chi connectivity index (χ1n) is 13.4. The van der Waals surface area contributed by atoms with Gasteiger partial charge >= 0.3 is 0 Å². The van der Waals surface area contributed by atoms with E-state index in [9.17, 15) is 22.4 Å². The van der Waals surface area contributed by atoms with Gasteiger partial charge in [-0.05, 0) is 62.1 Å². The van der Waals surface area contributed by atoms with Gasteiger partial charge in [0.2, 0.25) is 21.8 Å². The Balaban J connectivity index is 1.87. The van der Waals surface area contributed by atoms with Crippen LogP contribution in [-0.4, -0.2) is 50.5 Å². The van der Waals surface area contributed by atoms with Gasteiger partial charge in [0.1, 0.15) is 11.9 Å². The largest absolute Gasteiger partial charge is 0.355 e. The second-order valence-electron chi connectivity index (χ2n) is 9.92. The van der Waals surface area contributed by atoms with E-state index in [-0.39, 0.29) is 44.2 Å². The molecule has 0 aliphatic rings. The molecule has 1 atom stereocenters. The fourth-order valence-corrected chi connectivity index (χ4v) is 5.50. The number of nitrogens with one attached hydrogen (secondary N) is 1. The van der Waals surface area contributed by atoms with E-state index in [1.54, 1.807) is 31.2 Å². The summed E-state index contributed by atoms with van der Waals surface area (Å²) in [5, 5.41) is 2.81. The first-order chi connectivity index (χ1) is 19.0. The molecule has 9 heteroatoms. The minimum Gasteiger partial charge on any atom is -0.355 e. The lowest BCUT2D eigenvalue weighted by Gasteiger charge is -2.32. The van der Waals surface area contributed by atoms with Crippen LogP contribution in [0.5, 0.6) is 0 Å². The van der Waals surface area contributed by atoms with Crippen molar-refractivity contribution >= 4 is 27.5 Å². The standard InChI is InChI=1S/C31H38FN3O4S/c1-5-33-31(37)29(21-25-12-7-6-8-13-25)34(22-26-14-9-10-15-28(26)32)30(36)16-11-19-35(40(4,38)39)27-18-17-23(2)24(3)20-27/h6-10,12-15,17-18,20,29H,5,11,16,19,21-22H2,1-4H3,(H,33,37). The second-order valence-corrected chi connectivity index (χ2v) is 11.8. The van der Waals surface area contributed by atoms with Gasteiger partial charge in [-0.3, -0.25) is 13.9 Å². The molecule has 1 N–H and O–H groups in total. The molecule has 214 valence electrons. The number of amides is 2. The van der Waals surface area contributed by atoms with Gasteiger partial charge in [0.15, 0.2) is 0 Å². The molecule has 0 aliphatic heterocycles. The molecule has 7 nitrogen and oxygen atoms in total. The maximum Gasteiger partial charge on any atom is 0.243 e. The topological polar surface area (TPSA) is 86.8 Å². The highest BCUT2D eigenvalue weighted by molar-refractivity contribution is 7.92. The monoisotopic (exact) mass is 567 g/mol. The molecule has 3 aromatic carbocycles. The van der Waals surface area contributed by atoms with Crippen LogP contribution in [0.15, 0.2) is 72.8 Å². The lowest BCUT2D eigenvalue weighted by atomic mass is 10.0. The van der Waals surface area contributed by atoms with Crippen molar-refractivity contribution in [1.29, 1.82) is 0 Å². The fourth-order valence-electron chi connectivity index (χ4n) is 4.54. The Kier molecular flexibility index (Phi) is 10.8. The Labute approximate surface area is 237 Å². The molecule has 0 spiro atoms. The average Bonchev–Trinajstić information content (AvgIpc) is 2.91. The minimum atomic E-state index is -3.60. The van der Waals surface area contributed by atoms with Crippen LogP contribution in [0.2, 0.25) is 0 Å². The van der Waals surface area contributed by atoms with E-state index >= 15 is 0 Å². The van der Waals surface area contributed by atoms with Crippen LogP contribution in [-0.2, 0) is 32.6 Å². The van der Waals surface area contributed by atoms with Crippen molar-refractivity contribution in [3.05, 3.63) is 101 Å². The maximum absolute atomic E-state index is 14.7. The maximum atomic E-state index is 14.7. The number of benzene rings is 3. The van der Waals surface area contributed by atoms with Crippen LogP contribution in [0.1, 0.15) is 42.0 Å². The number of nitrogens with zero attached hydrogens (tertiary/aromatic N) is 2. The molecule has 1 unspecified atom stereocenters. The summed E-state index contributed by atoms with van der Waals surface area (Å²) in [4.78, 5) is 28.4. The van der Waals surface area contributed by atoms with E-state index in [4.69, 9.17) is 0 Å². The first-order valence-corrected chi connectivity index (χ1v) is 15.3. The zero-order valence-corrected chi connectivity index (χ0v) is 24.4. The van der Waals surface area contributed by atoms with Crippen LogP contribution in [0.4, 0.5) is 10.1 Å². The molecule has 0 bridgehead atoms. The summed E-state index contributed by atoms with van der Waals surface area (Å²) in [5.41, 5.74) is 3.70. The molecule has 0 aromatic heterocycles. The summed E-state index contributed by atoms with van der Waals surface area (Å²) in [6, 6.07) is 20.1. The highest BCUT2D eigenvalue weighted by Crippen LogP contribution is 2.23. The van der Waals surface area contributed by atoms with E-state index in [2.05, 4.69) is 5.32 Å².